The van der Waals surface area contributed by atoms with E-state index in [2.05, 4.69) is 15.7 Å². The van der Waals surface area contributed by atoms with Gasteiger partial charge < -0.3 is 10.6 Å². The van der Waals surface area contributed by atoms with Crippen molar-refractivity contribution in [2.24, 2.45) is 7.05 Å². The highest BCUT2D eigenvalue weighted by Crippen LogP contribution is 2.34. The van der Waals surface area contributed by atoms with E-state index in [0.29, 0.717) is 0 Å². The maximum atomic E-state index is 12.9. The second-order valence-electron chi connectivity index (χ2n) is 5.55. The number of aromatic nitrogens is 2. The zero-order valence-electron chi connectivity index (χ0n) is 12.2. The minimum Gasteiger partial charge on any atom is -0.323 e. The van der Waals surface area contributed by atoms with Crippen molar-refractivity contribution < 1.29 is 4.79 Å². The Kier molecular flexibility index (Phi) is 3.75. The van der Waals surface area contributed by atoms with Crippen molar-refractivity contribution in [3.05, 3.63) is 48.3 Å². The zero-order chi connectivity index (χ0) is 14.7. The molecule has 0 spiro atoms. The van der Waals surface area contributed by atoms with E-state index >= 15 is 0 Å². The SMILES string of the molecule is Cn1cc(NC(=O)C2(c3ccccc3)CCNCC2)cn1. The number of benzene rings is 1. The van der Waals surface area contributed by atoms with E-state index in [1.165, 1.54) is 0 Å². The van der Waals surface area contributed by atoms with Crippen LogP contribution in [0, 0.1) is 0 Å². The van der Waals surface area contributed by atoms with Crippen LogP contribution >= 0.6 is 0 Å². The summed E-state index contributed by atoms with van der Waals surface area (Å²) in [5.74, 6) is 0.0585. The fourth-order valence-electron chi connectivity index (χ4n) is 2.99. The van der Waals surface area contributed by atoms with Crippen molar-refractivity contribution in [2.75, 3.05) is 18.4 Å². The van der Waals surface area contributed by atoms with Gasteiger partial charge in [-0.05, 0) is 31.5 Å². The number of nitrogens with zero attached hydrogens (tertiary/aromatic N) is 2. The molecule has 1 aliphatic rings. The van der Waals surface area contributed by atoms with E-state index in [4.69, 9.17) is 0 Å². The molecule has 5 heteroatoms. The average molecular weight is 284 g/mol. The van der Waals surface area contributed by atoms with Crippen LogP contribution in [0.1, 0.15) is 18.4 Å². The van der Waals surface area contributed by atoms with Gasteiger partial charge in [0, 0.05) is 13.2 Å². The van der Waals surface area contributed by atoms with E-state index < -0.39 is 5.41 Å². The molecule has 2 N–H and O–H groups in total. The number of carbonyl (C=O) groups is 1. The maximum absolute atomic E-state index is 12.9. The van der Waals surface area contributed by atoms with Crippen molar-refractivity contribution in [3.8, 4) is 0 Å². The van der Waals surface area contributed by atoms with E-state index in [-0.39, 0.29) is 5.91 Å². The number of carbonyl (C=O) groups excluding carboxylic acids is 1. The molecule has 110 valence electrons. The molecule has 1 aromatic carbocycles. The standard InChI is InChI=1S/C16H20N4O/c1-20-12-14(11-18-20)19-15(21)16(7-9-17-10-8-16)13-5-3-2-4-6-13/h2-6,11-12,17H,7-10H2,1H3,(H,19,21). The van der Waals surface area contributed by atoms with Gasteiger partial charge in [-0.25, -0.2) is 0 Å². The Balaban J connectivity index is 1.90. The molecule has 0 aliphatic carbocycles. The second kappa shape index (κ2) is 5.69. The van der Waals surface area contributed by atoms with Crippen LogP contribution in [0.2, 0.25) is 0 Å². The highest BCUT2D eigenvalue weighted by atomic mass is 16.2. The van der Waals surface area contributed by atoms with Crippen LogP contribution in [0.5, 0.6) is 0 Å². The molecule has 21 heavy (non-hydrogen) atoms. The first-order valence-electron chi connectivity index (χ1n) is 7.27. The Morgan fingerprint density at radius 3 is 2.62 bits per heavy atom. The van der Waals surface area contributed by atoms with Gasteiger partial charge in [0.05, 0.1) is 17.3 Å². The Hall–Kier alpha value is -2.14. The maximum Gasteiger partial charge on any atom is 0.235 e. The quantitative estimate of drug-likeness (QED) is 0.901. The summed E-state index contributed by atoms with van der Waals surface area (Å²) in [5.41, 5.74) is 1.38. The van der Waals surface area contributed by atoms with Crippen LogP contribution in [0.15, 0.2) is 42.7 Å². The highest BCUT2D eigenvalue weighted by Gasteiger charge is 2.41. The first-order chi connectivity index (χ1) is 10.2. The van der Waals surface area contributed by atoms with Crippen LogP contribution in [0.25, 0.3) is 0 Å². The minimum atomic E-state index is -0.456. The van der Waals surface area contributed by atoms with Crippen molar-refractivity contribution >= 4 is 11.6 Å². The van der Waals surface area contributed by atoms with Gasteiger partial charge in [0.1, 0.15) is 0 Å². The lowest BCUT2D eigenvalue weighted by Gasteiger charge is -2.36. The summed E-state index contributed by atoms with van der Waals surface area (Å²) in [6, 6.07) is 10.1. The summed E-state index contributed by atoms with van der Waals surface area (Å²) < 4.78 is 1.69. The molecule has 0 atom stereocenters. The third kappa shape index (κ3) is 2.69. The van der Waals surface area contributed by atoms with Crippen LogP contribution in [0.3, 0.4) is 0 Å². The first-order valence-corrected chi connectivity index (χ1v) is 7.27. The van der Waals surface area contributed by atoms with Gasteiger partial charge in [-0.1, -0.05) is 30.3 Å². The fraction of sp³-hybridized carbons (Fsp3) is 0.375. The summed E-state index contributed by atoms with van der Waals surface area (Å²) in [6.07, 6.45) is 5.11. The van der Waals surface area contributed by atoms with Gasteiger partial charge in [0.2, 0.25) is 5.91 Å². The summed E-state index contributed by atoms with van der Waals surface area (Å²) in [6.45, 7) is 1.71. The number of amides is 1. The van der Waals surface area contributed by atoms with Crippen LogP contribution < -0.4 is 10.6 Å². The number of hydrogen-bond acceptors (Lipinski definition) is 3. The second-order valence-corrected chi connectivity index (χ2v) is 5.55. The van der Waals surface area contributed by atoms with Gasteiger partial charge in [-0.2, -0.15) is 5.10 Å². The van der Waals surface area contributed by atoms with E-state index in [9.17, 15) is 4.79 Å². The third-order valence-electron chi connectivity index (χ3n) is 4.18. The van der Waals surface area contributed by atoms with E-state index in [1.54, 1.807) is 10.9 Å². The lowest BCUT2D eigenvalue weighted by atomic mass is 9.72. The number of anilines is 1. The molecule has 0 radical (unpaired) electrons. The van der Waals surface area contributed by atoms with Crippen LogP contribution in [0.4, 0.5) is 5.69 Å². The van der Waals surface area contributed by atoms with Gasteiger partial charge in [0.25, 0.3) is 0 Å². The molecule has 2 aromatic rings. The largest absolute Gasteiger partial charge is 0.323 e. The van der Waals surface area contributed by atoms with Gasteiger partial charge in [-0.3, -0.25) is 9.48 Å². The molecular formula is C16H20N4O. The number of rotatable bonds is 3. The topological polar surface area (TPSA) is 59.0 Å². The summed E-state index contributed by atoms with van der Waals surface area (Å²) >= 11 is 0. The normalized spacial score (nSPS) is 17.4. The smallest absolute Gasteiger partial charge is 0.235 e. The Bertz CT molecular complexity index is 614. The molecular weight excluding hydrogens is 264 g/mol. The van der Waals surface area contributed by atoms with Crippen molar-refractivity contribution in [3.63, 3.8) is 0 Å². The van der Waals surface area contributed by atoms with Gasteiger partial charge in [0.15, 0.2) is 0 Å². The predicted molar refractivity (Wildman–Crippen MR) is 82.1 cm³/mol. The number of nitrogens with one attached hydrogen (secondary N) is 2. The molecule has 2 heterocycles. The Morgan fingerprint density at radius 2 is 2.00 bits per heavy atom. The summed E-state index contributed by atoms with van der Waals surface area (Å²) in [5, 5.41) is 10.5. The first kappa shape index (κ1) is 13.8. The molecule has 3 rings (SSSR count). The third-order valence-corrected chi connectivity index (χ3v) is 4.18. The molecule has 0 unspecified atom stereocenters. The van der Waals surface area contributed by atoms with E-state index in [1.807, 2.05) is 43.6 Å². The molecule has 0 saturated carbocycles. The number of piperidine rings is 1. The zero-order valence-corrected chi connectivity index (χ0v) is 12.2. The van der Waals surface area contributed by atoms with Gasteiger partial charge >= 0.3 is 0 Å². The average Bonchev–Trinajstić information content (AvgIpc) is 2.94. The Morgan fingerprint density at radius 1 is 1.29 bits per heavy atom. The molecule has 0 bridgehead atoms. The molecule has 1 fully saturated rings. The van der Waals surface area contributed by atoms with Crippen LogP contribution in [-0.2, 0) is 17.3 Å². The van der Waals surface area contributed by atoms with E-state index in [0.717, 1.165) is 37.2 Å². The summed E-state index contributed by atoms with van der Waals surface area (Å²) in [4.78, 5) is 12.9. The lowest BCUT2D eigenvalue weighted by Crippen LogP contribution is -2.48. The monoisotopic (exact) mass is 284 g/mol. The van der Waals surface area contributed by atoms with Crippen molar-refractivity contribution in [2.45, 2.75) is 18.3 Å². The van der Waals surface area contributed by atoms with Crippen LogP contribution in [-0.4, -0.2) is 28.8 Å². The number of aryl methyl sites for hydroxylation is 1. The predicted octanol–water partition coefficient (Wildman–Crippen LogP) is 1.68. The lowest BCUT2D eigenvalue weighted by molar-refractivity contribution is -0.122. The molecule has 1 aromatic heterocycles. The fourth-order valence-corrected chi connectivity index (χ4v) is 2.99. The molecule has 1 aliphatic heterocycles. The molecule has 1 amide bonds. The molecule has 1 saturated heterocycles. The van der Waals surface area contributed by atoms with Crippen molar-refractivity contribution in [1.29, 1.82) is 0 Å². The molecule has 5 nitrogen and oxygen atoms in total. The van der Waals surface area contributed by atoms with Crippen molar-refractivity contribution in [1.82, 2.24) is 15.1 Å². The number of hydrogen-bond donors (Lipinski definition) is 2. The van der Waals surface area contributed by atoms with Gasteiger partial charge in [-0.15, -0.1) is 0 Å². The summed E-state index contributed by atoms with van der Waals surface area (Å²) in [7, 11) is 1.84. The minimum absolute atomic E-state index is 0.0585. The Labute approximate surface area is 124 Å². The highest BCUT2D eigenvalue weighted by molar-refractivity contribution is 5.99.